The van der Waals surface area contributed by atoms with E-state index in [9.17, 15) is 9.59 Å². The Kier molecular flexibility index (Phi) is 5.20. The number of aromatic nitrogens is 4. The SMILES string of the molecule is CC(C(=O)NCCc1c[nH]c2ccccc12)n1nc(-c2ccncc2)ccc1=O. The number of nitrogens with zero attached hydrogens (tertiary/aromatic N) is 3. The maximum atomic E-state index is 12.6. The second kappa shape index (κ2) is 8.10. The van der Waals surface area contributed by atoms with Crippen molar-refractivity contribution in [1.82, 2.24) is 25.1 Å². The third-order valence-electron chi connectivity index (χ3n) is 4.92. The monoisotopic (exact) mass is 387 g/mol. The Morgan fingerprint density at radius 2 is 1.93 bits per heavy atom. The Morgan fingerprint density at radius 3 is 2.76 bits per heavy atom. The number of fused-ring (bicyclic) bond motifs is 1. The van der Waals surface area contributed by atoms with Gasteiger partial charge >= 0.3 is 0 Å². The predicted octanol–water partition coefficient (Wildman–Crippen LogP) is 2.71. The molecule has 0 aliphatic rings. The highest BCUT2D eigenvalue weighted by molar-refractivity contribution is 5.83. The third kappa shape index (κ3) is 3.94. The van der Waals surface area contributed by atoms with Crippen LogP contribution in [-0.4, -0.2) is 32.2 Å². The lowest BCUT2D eigenvalue weighted by atomic mass is 10.1. The molecule has 0 saturated heterocycles. The maximum Gasteiger partial charge on any atom is 0.267 e. The number of nitrogens with one attached hydrogen (secondary N) is 2. The van der Waals surface area contributed by atoms with Gasteiger partial charge in [0.05, 0.1) is 5.69 Å². The molecule has 0 spiro atoms. The number of H-pyrrole nitrogens is 1. The molecule has 4 aromatic rings. The van der Waals surface area contributed by atoms with E-state index in [1.165, 1.54) is 10.7 Å². The normalized spacial score (nSPS) is 12.0. The van der Waals surface area contributed by atoms with Gasteiger partial charge in [-0.2, -0.15) is 5.10 Å². The summed E-state index contributed by atoms with van der Waals surface area (Å²) in [6.45, 7) is 2.15. The molecule has 1 atom stereocenters. The number of carbonyl (C=O) groups is 1. The van der Waals surface area contributed by atoms with Crippen LogP contribution in [0.5, 0.6) is 0 Å². The molecule has 2 N–H and O–H groups in total. The van der Waals surface area contributed by atoms with Crippen molar-refractivity contribution in [2.24, 2.45) is 0 Å². The number of pyridine rings is 1. The molecule has 0 aliphatic heterocycles. The quantitative estimate of drug-likeness (QED) is 0.532. The first kappa shape index (κ1) is 18.6. The highest BCUT2D eigenvalue weighted by atomic mass is 16.2. The summed E-state index contributed by atoms with van der Waals surface area (Å²) < 4.78 is 1.22. The van der Waals surface area contributed by atoms with E-state index >= 15 is 0 Å². The third-order valence-corrected chi connectivity index (χ3v) is 4.92. The number of rotatable bonds is 6. The molecule has 1 unspecified atom stereocenters. The molecular weight excluding hydrogens is 366 g/mol. The Bertz CT molecular complexity index is 1200. The van der Waals surface area contributed by atoms with Crippen LogP contribution in [0.15, 0.2) is 71.9 Å². The van der Waals surface area contributed by atoms with Crippen LogP contribution in [-0.2, 0) is 11.2 Å². The van der Waals surface area contributed by atoms with Crippen molar-refractivity contribution in [2.75, 3.05) is 6.54 Å². The van der Waals surface area contributed by atoms with E-state index in [2.05, 4.69) is 26.4 Å². The van der Waals surface area contributed by atoms with Crippen LogP contribution in [0.4, 0.5) is 0 Å². The van der Waals surface area contributed by atoms with E-state index in [1.807, 2.05) is 36.5 Å². The van der Waals surface area contributed by atoms with Crippen LogP contribution in [0.2, 0.25) is 0 Å². The largest absolute Gasteiger partial charge is 0.361 e. The van der Waals surface area contributed by atoms with Crippen molar-refractivity contribution in [3.05, 3.63) is 83.0 Å². The van der Waals surface area contributed by atoms with Crippen molar-refractivity contribution in [3.63, 3.8) is 0 Å². The van der Waals surface area contributed by atoms with Crippen molar-refractivity contribution < 1.29 is 4.79 Å². The van der Waals surface area contributed by atoms with Crippen LogP contribution >= 0.6 is 0 Å². The van der Waals surface area contributed by atoms with E-state index in [0.29, 0.717) is 18.7 Å². The van der Waals surface area contributed by atoms with Gasteiger partial charge in [-0.25, -0.2) is 4.68 Å². The number of hydrogen-bond acceptors (Lipinski definition) is 4. The molecule has 7 nitrogen and oxygen atoms in total. The summed E-state index contributed by atoms with van der Waals surface area (Å²) in [6, 6.07) is 14.0. The van der Waals surface area contributed by atoms with Gasteiger partial charge in [0.2, 0.25) is 5.91 Å². The fourth-order valence-electron chi connectivity index (χ4n) is 3.30. The zero-order valence-corrected chi connectivity index (χ0v) is 16.0. The van der Waals surface area contributed by atoms with Crippen LogP contribution in [0, 0.1) is 0 Å². The Hall–Kier alpha value is -3.74. The molecule has 0 fully saturated rings. The lowest BCUT2D eigenvalue weighted by Crippen LogP contribution is -2.37. The van der Waals surface area contributed by atoms with Gasteiger partial charge in [-0.3, -0.25) is 14.6 Å². The smallest absolute Gasteiger partial charge is 0.267 e. The summed E-state index contributed by atoms with van der Waals surface area (Å²) in [6.07, 6.45) is 5.98. The van der Waals surface area contributed by atoms with Gasteiger partial charge in [0.15, 0.2) is 0 Å². The number of para-hydroxylation sites is 1. The van der Waals surface area contributed by atoms with Crippen molar-refractivity contribution in [2.45, 2.75) is 19.4 Å². The van der Waals surface area contributed by atoms with Gasteiger partial charge < -0.3 is 10.3 Å². The van der Waals surface area contributed by atoms with Crippen LogP contribution in [0.3, 0.4) is 0 Å². The van der Waals surface area contributed by atoms with Crippen LogP contribution in [0.1, 0.15) is 18.5 Å². The molecule has 7 heteroatoms. The molecule has 0 bridgehead atoms. The van der Waals surface area contributed by atoms with Gasteiger partial charge in [-0.05, 0) is 43.2 Å². The minimum Gasteiger partial charge on any atom is -0.361 e. The first-order valence-corrected chi connectivity index (χ1v) is 9.46. The highest BCUT2D eigenvalue weighted by Gasteiger charge is 2.18. The molecule has 3 aromatic heterocycles. The van der Waals surface area contributed by atoms with E-state index in [4.69, 9.17) is 0 Å². The van der Waals surface area contributed by atoms with Crippen molar-refractivity contribution >= 4 is 16.8 Å². The van der Waals surface area contributed by atoms with E-state index in [0.717, 1.165) is 22.0 Å². The molecule has 1 amide bonds. The van der Waals surface area contributed by atoms with Gasteiger partial charge in [-0.1, -0.05) is 18.2 Å². The van der Waals surface area contributed by atoms with Gasteiger partial charge in [0.1, 0.15) is 6.04 Å². The molecular formula is C22H21N5O2. The number of aromatic amines is 1. The molecule has 29 heavy (non-hydrogen) atoms. The summed E-state index contributed by atoms with van der Waals surface area (Å²) >= 11 is 0. The van der Waals surface area contributed by atoms with Crippen molar-refractivity contribution in [3.8, 4) is 11.3 Å². The topological polar surface area (TPSA) is 92.7 Å². The average molecular weight is 387 g/mol. The predicted molar refractivity (Wildman–Crippen MR) is 111 cm³/mol. The summed E-state index contributed by atoms with van der Waals surface area (Å²) in [5.41, 5.74) is 3.35. The maximum absolute atomic E-state index is 12.6. The Morgan fingerprint density at radius 1 is 1.14 bits per heavy atom. The fraction of sp³-hybridized carbons (Fsp3) is 0.182. The Labute approximate surface area is 167 Å². The molecule has 0 aliphatic carbocycles. The molecule has 3 heterocycles. The summed E-state index contributed by atoms with van der Waals surface area (Å²) in [5, 5.41) is 8.43. The van der Waals surface area contributed by atoms with E-state index in [-0.39, 0.29) is 11.5 Å². The fourth-order valence-corrected chi connectivity index (χ4v) is 3.30. The van der Waals surface area contributed by atoms with Gasteiger partial charge in [0.25, 0.3) is 5.56 Å². The Balaban J connectivity index is 1.44. The first-order chi connectivity index (χ1) is 14.1. The first-order valence-electron chi connectivity index (χ1n) is 9.46. The number of amides is 1. The molecule has 4 rings (SSSR count). The summed E-state index contributed by atoms with van der Waals surface area (Å²) in [7, 11) is 0. The molecule has 0 radical (unpaired) electrons. The van der Waals surface area contributed by atoms with Crippen LogP contribution in [0.25, 0.3) is 22.2 Å². The molecule has 0 saturated carbocycles. The standard InChI is InChI=1S/C22H21N5O2/c1-15(27-21(28)7-6-19(26-27)16-8-11-23-12-9-16)22(29)24-13-10-17-14-25-20-5-3-2-4-18(17)20/h2-9,11-12,14-15,25H,10,13H2,1H3,(H,24,29). The lowest BCUT2D eigenvalue weighted by molar-refractivity contribution is -0.124. The molecule has 146 valence electrons. The number of carbonyl (C=O) groups excluding carboxylic acids is 1. The second-order valence-corrected chi connectivity index (χ2v) is 6.81. The number of hydrogen-bond donors (Lipinski definition) is 2. The van der Waals surface area contributed by atoms with Gasteiger partial charge in [-0.15, -0.1) is 0 Å². The number of benzene rings is 1. The van der Waals surface area contributed by atoms with E-state index < -0.39 is 6.04 Å². The summed E-state index contributed by atoms with van der Waals surface area (Å²) in [5.74, 6) is -0.244. The van der Waals surface area contributed by atoms with Gasteiger partial charge in [0, 0.05) is 47.7 Å². The highest BCUT2D eigenvalue weighted by Crippen LogP contribution is 2.18. The zero-order valence-electron chi connectivity index (χ0n) is 16.0. The minimum absolute atomic E-state index is 0.244. The van der Waals surface area contributed by atoms with E-state index in [1.54, 1.807) is 25.4 Å². The van der Waals surface area contributed by atoms with Crippen LogP contribution < -0.4 is 10.9 Å². The average Bonchev–Trinajstić information content (AvgIpc) is 3.17. The lowest BCUT2D eigenvalue weighted by Gasteiger charge is -2.15. The molecule has 1 aromatic carbocycles. The minimum atomic E-state index is -0.716. The second-order valence-electron chi connectivity index (χ2n) is 6.81. The van der Waals surface area contributed by atoms with Crippen molar-refractivity contribution in [1.29, 1.82) is 0 Å². The zero-order chi connectivity index (χ0) is 20.2. The summed E-state index contributed by atoms with van der Waals surface area (Å²) in [4.78, 5) is 32.1.